The second-order valence-electron chi connectivity index (χ2n) is 7.02. The van der Waals surface area contributed by atoms with Crippen molar-refractivity contribution in [2.45, 2.75) is 11.5 Å². The van der Waals surface area contributed by atoms with Gasteiger partial charge in [-0.3, -0.25) is 4.99 Å². The van der Waals surface area contributed by atoms with Crippen LogP contribution < -0.4 is 4.90 Å². The zero-order chi connectivity index (χ0) is 18.6. The predicted octanol–water partition coefficient (Wildman–Crippen LogP) is 2.63. The van der Waals surface area contributed by atoms with Gasteiger partial charge in [0.1, 0.15) is 17.3 Å². The first-order chi connectivity index (χ1) is 13.2. The molecule has 1 aromatic carbocycles. The fourth-order valence-electron chi connectivity index (χ4n) is 4.42. The number of carbonyl (C=O) groups is 1. The lowest BCUT2D eigenvalue weighted by Gasteiger charge is -2.44. The van der Waals surface area contributed by atoms with Gasteiger partial charge in [0.25, 0.3) is 0 Å². The van der Waals surface area contributed by atoms with Crippen molar-refractivity contribution in [1.29, 1.82) is 0 Å². The number of anilines is 1. The van der Waals surface area contributed by atoms with Crippen LogP contribution in [0, 0.1) is 5.92 Å². The molecule has 0 radical (unpaired) electrons. The number of esters is 1. The molecule has 7 heteroatoms. The van der Waals surface area contributed by atoms with E-state index in [1.807, 2.05) is 36.4 Å². The second kappa shape index (κ2) is 5.89. The van der Waals surface area contributed by atoms with Crippen molar-refractivity contribution in [3.05, 3.63) is 65.6 Å². The lowest BCUT2D eigenvalue weighted by molar-refractivity contribution is -0.154. The Morgan fingerprint density at radius 2 is 2.15 bits per heavy atom. The van der Waals surface area contributed by atoms with Gasteiger partial charge in [-0.2, -0.15) is 0 Å². The summed E-state index contributed by atoms with van der Waals surface area (Å²) in [5.74, 6) is 0.271. The molecular formula is C20H17ClN4O2. The second-order valence-corrected chi connectivity index (χ2v) is 7.38. The van der Waals surface area contributed by atoms with Crippen molar-refractivity contribution < 1.29 is 9.53 Å². The van der Waals surface area contributed by atoms with Crippen LogP contribution in [0.25, 0.3) is 0 Å². The van der Waals surface area contributed by atoms with Gasteiger partial charge in [0.05, 0.1) is 12.3 Å². The number of fused-ring (bicyclic) bond motifs is 4. The number of aliphatic imine (C=N–C) groups is 1. The molecule has 3 aliphatic rings. The number of cyclic esters (lactones) is 1. The van der Waals surface area contributed by atoms with Crippen molar-refractivity contribution in [2.75, 3.05) is 24.6 Å². The molecular weight excluding hydrogens is 364 g/mol. The van der Waals surface area contributed by atoms with Crippen LogP contribution in [0.5, 0.6) is 0 Å². The fraction of sp³-hybridized carbons (Fsp3) is 0.300. The van der Waals surface area contributed by atoms with Gasteiger partial charge < -0.3 is 9.64 Å². The Bertz CT molecular complexity index is 977. The minimum atomic E-state index is -1.02. The van der Waals surface area contributed by atoms with Crippen molar-refractivity contribution in [3.8, 4) is 0 Å². The number of ether oxygens (including phenoxy) is 1. The maximum absolute atomic E-state index is 12.9. The Morgan fingerprint density at radius 3 is 2.93 bits per heavy atom. The van der Waals surface area contributed by atoms with Crippen LogP contribution in [-0.4, -0.2) is 46.9 Å². The zero-order valence-corrected chi connectivity index (χ0v) is 15.3. The molecule has 0 saturated carbocycles. The number of carbonyl (C=O) groups excluding carboxylic acids is 1. The van der Waals surface area contributed by atoms with E-state index in [0.717, 1.165) is 22.7 Å². The van der Waals surface area contributed by atoms with Gasteiger partial charge in [0, 0.05) is 30.5 Å². The van der Waals surface area contributed by atoms with Gasteiger partial charge in [0.2, 0.25) is 5.54 Å². The van der Waals surface area contributed by atoms with Crippen LogP contribution >= 0.6 is 11.6 Å². The molecule has 3 unspecified atom stereocenters. The van der Waals surface area contributed by atoms with Crippen LogP contribution in [0.4, 0.5) is 5.82 Å². The molecule has 0 bridgehead atoms. The molecule has 4 heterocycles. The standard InChI is InChI=1S/C20H17ClN4O2/c1-2-8-25-9-13-10-27-19(26)20(16(24-20)12-6-4-3-5-7-12)15(13)14-17(21)22-11-23-18(14)25/h2-7,11,13,15H,1,8-10H2. The minimum absolute atomic E-state index is 0.0589. The Morgan fingerprint density at radius 1 is 1.33 bits per heavy atom. The topological polar surface area (TPSA) is 67.7 Å². The van der Waals surface area contributed by atoms with E-state index >= 15 is 0 Å². The van der Waals surface area contributed by atoms with Crippen LogP contribution in [0.3, 0.4) is 0 Å². The first-order valence-corrected chi connectivity index (χ1v) is 9.24. The average molecular weight is 381 g/mol. The molecule has 136 valence electrons. The lowest BCUT2D eigenvalue weighted by atomic mass is 9.70. The summed E-state index contributed by atoms with van der Waals surface area (Å²) < 4.78 is 5.57. The van der Waals surface area contributed by atoms with E-state index in [1.165, 1.54) is 6.33 Å². The normalized spacial score (nSPS) is 28.1. The third kappa shape index (κ3) is 2.26. The molecule has 0 aliphatic carbocycles. The van der Waals surface area contributed by atoms with E-state index in [4.69, 9.17) is 16.3 Å². The highest BCUT2D eigenvalue weighted by Gasteiger charge is 2.67. The molecule has 1 saturated heterocycles. The molecule has 2 aromatic rings. The number of nitrogens with zero attached hydrogens (tertiary/aromatic N) is 4. The third-order valence-corrected chi connectivity index (χ3v) is 5.84. The molecule has 3 atom stereocenters. The first kappa shape index (κ1) is 16.4. The first-order valence-electron chi connectivity index (χ1n) is 8.86. The summed E-state index contributed by atoms with van der Waals surface area (Å²) in [6, 6.07) is 9.73. The Hall–Kier alpha value is -2.73. The van der Waals surface area contributed by atoms with Crippen LogP contribution in [0.1, 0.15) is 17.0 Å². The van der Waals surface area contributed by atoms with Gasteiger partial charge in [-0.05, 0) is 5.56 Å². The highest BCUT2D eigenvalue weighted by Crippen LogP contribution is 2.56. The Labute approximate surface area is 161 Å². The number of rotatable bonds is 3. The van der Waals surface area contributed by atoms with Gasteiger partial charge in [0.15, 0.2) is 0 Å². The molecule has 27 heavy (non-hydrogen) atoms. The van der Waals surface area contributed by atoms with E-state index in [0.29, 0.717) is 24.8 Å². The fourth-order valence-corrected chi connectivity index (χ4v) is 4.67. The maximum atomic E-state index is 12.9. The largest absolute Gasteiger partial charge is 0.463 e. The average Bonchev–Trinajstić information content (AvgIpc) is 3.43. The number of hydrogen-bond donors (Lipinski definition) is 0. The van der Waals surface area contributed by atoms with Crippen molar-refractivity contribution >= 4 is 29.1 Å². The van der Waals surface area contributed by atoms with Crippen molar-refractivity contribution in [3.63, 3.8) is 0 Å². The van der Waals surface area contributed by atoms with E-state index < -0.39 is 5.54 Å². The summed E-state index contributed by atoms with van der Waals surface area (Å²) in [6.45, 7) is 5.50. The predicted molar refractivity (Wildman–Crippen MR) is 102 cm³/mol. The molecule has 0 N–H and O–H groups in total. The summed E-state index contributed by atoms with van der Waals surface area (Å²) in [6.07, 6.45) is 3.28. The summed E-state index contributed by atoms with van der Waals surface area (Å²) in [5, 5.41) is 0.368. The summed E-state index contributed by atoms with van der Waals surface area (Å²) in [4.78, 5) is 28.3. The highest BCUT2D eigenvalue weighted by atomic mass is 35.5. The van der Waals surface area contributed by atoms with Gasteiger partial charge in [-0.25, -0.2) is 14.8 Å². The van der Waals surface area contributed by atoms with Crippen LogP contribution in [0.2, 0.25) is 5.15 Å². The molecule has 6 nitrogen and oxygen atoms in total. The molecule has 1 spiro atoms. The van der Waals surface area contributed by atoms with Gasteiger partial charge >= 0.3 is 5.97 Å². The molecule has 5 rings (SSSR count). The molecule has 1 fully saturated rings. The minimum Gasteiger partial charge on any atom is -0.463 e. The van der Waals surface area contributed by atoms with E-state index in [-0.39, 0.29) is 17.8 Å². The number of aromatic nitrogens is 2. The zero-order valence-electron chi connectivity index (χ0n) is 14.5. The summed E-state index contributed by atoms with van der Waals surface area (Å²) >= 11 is 6.52. The summed E-state index contributed by atoms with van der Waals surface area (Å²) in [5.41, 5.74) is 1.45. The van der Waals surface area contributed by atoms with E-state index in [1.54, 1.807) is 0 Å². The number of benzene rings is 1. The van der Waals surface area contributed by atoms with Crippen molar-refractivity contribution in [1.82, 2.24) is 9.97 Å². The molecule has 3 aliphatic heterocycles. The lowest BCUT2D eigenvalue weighted by Crippen LogP contribution is -2.54. The Balaban J connectivity index is 1.65. The SMILES string of the molecule is C=CCN1CC2COC(=O)C3(N=C3c3ccccc3)C2c2c(Cl)ncnc21. The molecule has 0 amide bonds. The quantitative estimate of drug-likeness (QED) is 0.465. The summed E-state index contributed by atoms with van der Waals surface area (Å²) in [7, 11) is 0. The van der Waals surface area contributed by atoms with Gasteiger partial charge in [-0.15, -0.1) is 6.58 Å². The highest BCUT2D eigenvalue weighted by molar-refractivity contribution is 6.32. The monoisotopic (exact) mass is 380 g/mol. The Kier molecular flexibility index (Phi) is 3.59. The van der Waals surface area contributed by atoms with Crippen LogP contribution in [-0.2, 0) is 9.53 Å². The number of halogens is 1. The van der Waals surface area contributed by atoms with Crippen LogP contribution in [0.15, 0.2) is 54.3 Å². The number of hydrogen-bond acceptors (Lipinski definition) is 6. The third-order valence-electron chi connectivity index (χ3n) is 5.54. The smallest absolute Gasteiger partial charge is 0.341 e. The van der Waals surface area contributed by atoms with Crippen molar-refractivity contribution in [2.24, 2.45) is 10.9 Å². The molecule has 1 aromatic heterocycles. The maximum Gasteiger partial charge on any atom is 0.341 e. The van der Waals surface area contributed by atoms with E-state index in [2.05, 4.69) is 26.4 Å². The van der Waals surface area contributed by atoms with Gasteiger partial charge in [-0.1, -0.05) is 48.0 Å². The van der Waals surface area contributed by atoms with E-state index in [9.17, 15) is 4.79 Å².